The van der Waals surface area contributed by atoms with Gasteiger partial charge in [0.25, 0.3) is 7.82 Å². The number of phosphoric ester groups is 1. The van der Waals surface area contributed by atoms with Crippen molar-refractivity contribution >= 4 is 25.5 Å². The second kappa shape index (κ2) is 17.0. The number of nitrogens with zero attached hydrogens (tertiary/aromatic N) is 2. The number of hydrogen-bond acceptors (Lipinski definition) is 19. The number of carboxylic acids is 1. The van der Waals surface area contributed by atoms with Gasteiger partial charge in [0, 0.05) is 12.6 Å². The van der Waals surface area contributed by atoms with E-state index in [1.165, 1.54) is 6.07 Å². The first-order valence-corrected chi connectivity index (χ1v) is 13.5. The fourth-order valence-corrected chi connectivity index (χ4v) is 5.23. The molecule has 2 unspecified atom stereocenters. The zero-order valence-electron chi connectivity index (χ0n) is 23.3. The van der Waals surface area contributed by atoms with Crippen LogP contribution in [0.3, 0.4) is 0 Å². The number of carbonyl (C=O) groups excluding carboxylic acids is 2. The summed E-state index contributed by atoms with van der Waals surface area (Å²) in [6.45, 7) is -3.38. The normalized spacial score (nSPS) is 32.8. The van der Waals surface area contributed by atoms with E-state index in [9.17, 15) is 54.5 Å². The van der Waals surface area contributed by atoms with Crippen LogP contribution < -0.4 is 85.9 Å². The van der Waals surface area contributed by atoms with Gasteiger partial charge < -0.3 is 75.6 Å². The Balaban J connectivity index is 0.00000484. The summed E-state index contributed by atoms with van der Waals surface area (Å²) >= 11 is 0. The van der Waals surface area contributed by atoms with Crippen LogP contribution in [-0.4, -0.2) is 132 Å². The molecule has 0 spiro atoms. The van der Waals surface area contributed by atoms with Gasteiger partial charge in [0.1, 0.15) is 55.0 Å². The predicted molar refractivity (Wildman–Crippen MR) is 125 cm³/mol. The Morgan fingerprint density at radius 1 is 1.25 bits per heavy atom. The molecule has 1 aromatic heterocycles. The third-order valence-corrected chi connectivity index (χ3v) is 7.38. The van der Waals surface area contributed by atoms with Gasteiger partial charge in [0.05, 0.1) is 25.4 Å². The van der Waals surface area contributed by atoms with Gasteiger partial charge in [-0.25, -0.2) is 4.79 Å². The minimum absolute atomic E-state index is 0. The second-order valence-electron chi connectivity index (χ2n) is 9.31. The Hall–Kier alpha value is -0.630. The van der Waals surface area contributed by atoms with Crippen molar-refractivity contribution in [2.75, 3.05) is 25.6 Å². The standard InChI is InChI=1S/C20H31N4O17P.2Na/c21-10-1-2-24(19(35)22-10)17-15(32)14(31)9(39-17)6-38-42(36,37)41-20(18(33)34)3-7(27)12(23-11(29)5-26)16(40-20)13(30)8(28)4-25;;/h1-2,7-9,12-17,25-28,30-32H,3-6H2,(H,23,29)(H,33,34)(H,36,37)(H2,21,22,35);;/q;2*+1/p-2/t7-,8+,9+,12+,13+,14+,15+,16+,17?,20+;;/m0../s1. The number of nitrogen functional groups attached to an aromatic ring is 1. The number of aromatic nitrogens is 2. The van der Waals surface area contributed by atoms with Crippen LogP contribution in [0.15, 0.2) is 17.1 Å². The monoisotopic (exact) mass is 674 g/mol. The van der Waals surface area contributed by atoms with Crippen LogP contribution in [0.1, 0.15) is 12.6 Å². The molecule has 21 nitrogen and oxygen atoms in total. The largest absolute Gasteiger partial charge is 1.00 e. The minimum atomic E-state index is -5.85. The minimum Gasteiger partial charge on any atom is -0.756 e. The number of ether oxygens (including phenoxy) is 2. The summed E-state index contributed by atoms with van der Waals surface area (Å²) in [7, 11) is -5.85. The molecule has 44 heavy (non-hydrogen) atoms. The number of hydrogen-bond donors (Lipinski definition) is 9. The summed E-state index contributed by atoms with van der Waals surface area (Å²) < 4.78 is 33.0. The molecule has 1 aromatic rings. The summed E-state index contributed by atoms with van der Waals surface area (Å²) in [5.74, 6) is -7.18. The smallest absolute Gasteiger partial charge is 0.756 e. The van der Waals surface area contributed by atoms with Gasteiger partial charge in [-0.15, -0.1) is 0 Å². The van der Waals surface area contributed by atoms with Gasteiger partial charge >= 0.3 is 64.8 Å². The van der Waals surface area contributed by atoms with Crippen LogP contribution in [-0.2, 0) is 32.7 Å². The molecule has 11 atom stereocenters. The van der Waals surface area contributed by atoms with E-state index in [4.69, 9.17) is 25.4 Å². The van der Waals surface area contributed by atoms with E-state index >= 15 is 0 Å². The Bertz CT molecular complexity index is 1250. The molecule has 0 saturated carbocycles. The number of carboxylic acid groups (broad SMARTS) is 1. The fraction of sp³-hybridized carbons (Fsp3) is 0.700. The van der Waals surface area contributed by atoms with Crippen molar-refractivity contribution in [1.29, 1.82) is 0 Å². The van der Waals surface area contributed by atoms with Crippen molar-refractivity contribution in [3.63, 3.8) is 0 Å². The molecule has 2 aliphatic heterocycles. The summed E-state index contributed by atoms with van der Waals surface area (Å²) in [5, 5.41) is 83.5. The molecule has 2 saturated heterocycles. The topological polar surface area (TPSA) is 349 Å². The third-order valence-electron chi connectivity index (χ3n) is 6.39. The molecule has 3 rings (SSSR count). The van der Waals surface area contributed by atoms with Crippen LogP contribution in [0.4, 0.5) is 5.82 Å². The van der Waals surface area contributed by atoms with Crippen LogP contribution in [0.2, 0.25) is 0 Å². The summed E-state index contributed by atoms with van der Waals surface area (Å²) in [4.78, 5) is 51.9. The van der Waals surface area contributed by atoms with Gasteiger partial charge in [-0.2, -0.15) is 4.98 Å². The van der Waals surface area contributed by atoms with Crippen molar-refractivity contribution in [3.05, 3.63) is 22.7 Å². The first-order chi connectivity index (χ1) is 19.6. The molecule has 2 aliphatic rings. The third kappa shape index (κ3) is 9.47. The van der Waals surface area contributed by atoms with Gasteiger partial charge in [0.2, 0.25) is 11.7 Å². The molecule has 238 valence electrons. The first-order valence-electron chi connectivity index (χ1n) is 12.0. The van der Waals surface area contributed by atoms with E-state index in [1.54, 1.807) is 0 Å². The summed E-state index contributed by atoms with van der Waals surface area (Å²) in [6.07, 6.45) is -15.7. The Morgan fingerprint density at radius 2 is 1.89 bits per heavy atom. The maximum absolute atomic E-state index is 12.7. The van der Waals surface area contributed by atoms with Crippen molar-refractivity contribution in [1.82, 2.24) is 14.9 Å². The molecule has 3 heterocycles. The molecule has 2 fully saturated rings. The molecule has 10 N–H and O–H groups in total. The molecular formula is C20H29N4Na2O17P. The fourth-order valence-electron chi connectivity index (χ4n) is 4.30. The average molecular weight is 674 g/mol. The zero-order chi connectivity index (χ0) is 31.6. The Labute approximate surface area is 291 Å². The number of rotatable bonds is 12. The van der Waals surface area contributed by atoms with Crippen LogP contribution >= 0.6 is 7.82 Å². The van der Waals surface area contributed by atoms with Crippen LogP contribution in [0.5, 0.6) is 0 Å². The molecule has 0 bridgehead atoms. The van der Waals surface area contributed by atoms with E-state index in [2.05, 4.69) is 14.0 Å². The molecule has 0 aromatic carbocycles. The van der Waals surface area contributed by atoms with Crippen molar-refractivity contribution < 1.29 is 138 Å². The molecular weight excluding hydrogens is 645 g/mol. The van der Waals surface area contributed by atoms with Crippen LogP contribution in [0, 0.1) is 0 Å². The SMILES string of the molecule is Nc1ccn(C2O[C@H](COP(=O)([O-])O[C@@]3(C(=O)[O-])C[C@H](O)[C@@H](NC(=O)CO)[C@H]([C@H](O)[C@H](O)CO)O3)[C@@H](O)[C@H]2O)c(=O)n1.[Na+].[Na+]. The number of aliphatic hydroxyl groups excluding tert-OH is 7. The quantitative estimate of drug-likeness (QED) is 0.0734. The van der Waals surface area contributed by atoms with E-state index in [1.807, 2.05) is 5.32 Å². The summed E-state index contributed by atoms with van der Waals surface area (Å²) in [5.41, 5.74) is 4.42. The van der Waals surface area contributed by atoms with Gasteiger partial charge in [-0.1, -0.05) is 0 Å². The number of anilines is 1. The Morgan fingerprint density at radius 3 is 2.43 bits per heavy atom. The van der Waals surface area contributed by atoms with Gasteiger partial charge in [-0.3, -0.25) is 18.5 Å². The van der Waals surface area contributed by atoms with Gasteiger partial charge in [-0.05, 0) is 6.07 Å². The number of amides is 1. The average Bonchev–Trinajstić information content (AvgIpc) is 3.20. The van der Waals surface area contributed by atoms with E-state index in [0.29, 0.717) is 0 Å². The van der Waals surface area contributed by atoms with E-state index in [0.717, 1.165) is 10.8 Å². The van der Waals surface area contributed by atoms with E-state index < -0.39 is 112 Å². The summed E-state index contributed by atoms with van der Waals surface area (Å²) in [6, 6.07) is -0.593. The molecule has 24 heteroatoms. The molecule has 0 aliphatic carbocycles. The van der Waals surface area contributed by atoms with Crippen molar-refractivity contribution in [3.8, 4) is 0 Å². The number of carbonyl (C=O) groups is 2. The van der Waals surface area contributed by atoms with Crippen molar-refractivity contribution in [2.45, 2.75) is 67.2 Å². The molecule has 1 amide bonds. The first kappa shape index (κ1) is 41.4. The maximum atomic E-state index is 12.7. The number of aliphatic carboxylic acids is 1. The van der Waals surface area contributed by atoms with Crippen LogP contribution in [0.25, 0.3) is 0 Å². The second-order valence-corrected chi connectivity index (χ2v) is 10.6. The van der Waals surface area contributed by atoms with Crippen molar-refractivity contribution in [2.24, 2.45) is 0 Å². The number of nitrogens with two attached hydrogens (primary N) is 1. The maximum Gasteiger partial charge on any atom is 1.00 e. The zero-order valence-corrected chi connectivity index (χ0v) is 28.2. The predicted octanol–water partition coefficient (Wildman–Crippen LogP) is -14.3. The van der Waals surface area contributed by atoms with E-state index in [-0.39, 0.29) is 64.9 Å². The van der Waals surface area contributed by atoms with Gasteiger partial charge in [0.15, 0.2) is 6.23 Å². The number of aliphatic hydroxyl groups is 7. The number of phosphoric acid groups is 1. The number of nitrogens with one attached hydrogen (secondary N) is 1. The Kier molecular flexibility index (Phi) is 16.0. The molecule has 0 radical (unpaired) electrons.